The van der Waals surface area contributed by atoms with E-state index >= 15 is 0 Å². The zero-order valence-corrected chi connectivity index (χ0v) is 12.3. The lowest BCUT2D eigenvalue weighted by Crippen LogP contribution is -2.10. The SMILES string of the molecule is CC(=O)c1ccc2c(c1)nc(-c1cccc(F)c1)n2CC(=O)O. The molecule has 0 saturated carbocycles. The highest BCUT2D eigenvalue weighted by Crippen LogP contribution is 2.26. The third-order valence-corrected chi connectivity index (χ3v) is 3.53. The van der Waals surface area contributed by atoms with Crippen molar-refractivity contribution in [1.82, 2.24) is 9.55 Å². The summed E-state index contributed by atoms with van der Waals surface area (Å²) in [4.78, 5) is 27.1. The van der Waals surface area contributed by atoms with Crippen LogP contribution in [0.1, 0.15) is 17.3 Å². The van der Waals surface area contributed by atoms with Gasteiger partial charge in [0.1, 0.15) is 18.2 Å². The van der Waals surface area contributed by atoms with Crippen LogP contribution in [0.2, 0.25) is 0 Å². The molecule has 23 heavy (non-hydrogen) atoms. The Morgan fingerprint density at radius 1 is 1.22 bits per heavy atom. The van der Waals surface area contributed by atoms with Crippen LogP contribution in [0.3, 0.4) is 0 Å². The Morgan fingerprint density at radius 3 is 2.65 bits per heavy atom. The van der Waals surface area contributed by atoms with Crippen LogP contribution >= 0.6 is 0 Å². The Morgan fingerprint density at radius 2 is 2.00 bits per heavy atom. The molecular weight excluding hydrogens is 299 g/mol. The average Bonchev–Trinajstić information content (AvgIpc) is 2.84. The zero-order valence-electron chi connectivity index (χ0n) is 12.3. The number of aliphatic carboxylic acids is 1. The molecule has 0 spiro atoms. The first-order chi connectivity index (χ1) is 11.0. The minimum atomic E-state index is -1.03. The number of Topliss-reactive ketones (excluding diaryl/α,β-unsaturated/α-hetero) is 1. The van der Waals surface area contributed by atoms with E-state index in [1.807, 2.05) is 0 Å². The van der Waals surface area contributed by atoms with Crippen LogP contribution in [0.5, 0.6) is 0 Å². The van der Waals surface area contributed by atoms with Crippen LogP contribution in [0.25, 0.3) is 22.4 Å². The Labute approximate surface area is 131 Å². The van der Waals surface area contributed by atoms with E-state index < -0.39 is 11.8 Å². The summed E-state index contributed by atoms with van der Waals surface area (Å²) in [6.07, 6.45) is 0. The second kappa shape index (κ2) is 5.64. The van der Waals surface area contributed by atoms with Gasteiger partial charge in [0, 0.05) is 11.1 Å². The van der Waals surface area contributed by atoms with Crippen LogP contribution in [0.4, 0.5) is 4.39 Å². The minimum Gasteiger partial charge on any atom is -0.480 e. The topological polar surface area (TPSA) is 72.2 Å². The monoisotopic (exact) mass is 312 g/mol. The fourth-order valence-electron chi connectivity index (χ4n) is 2.49. The van der Waals surface area contributed by atoms with Crippen molar-refractivity contribution in [1.29, 1.82) is 0 Å². The second-order valence-electron chi connectivity index (χ2n) is 5.19. The molecule has 0 aliphatic heterocycles. The highest BCUT2D eigenvalue weighted by molar-refractivity contribution is 5.98. The lowest BCUT2D eigenvalue weighted by atomic mass is 10.1. The molecule has 1 N–H and O–H groups in total. The number of hydrogen-bond acceptors (Lipinski definition) is 3. The minimum absolute atomic E-state index is 0.105. The normalized spacial score (nSPS) is 10.9. The van der Waals surface area contributed by atoms with Crippen LogP contribution in [-0.2, 0) is 11.3 Å². The quantitative estimate of drug-likeness (QED) is 0.751. The van der Waals surface area contributed by atoms with Gasteiger partial charge in [0.05, 0.1) is 11.0 Å². The van der Waals surface area contributed by atoms with Gasteiger partial charge in [-0.05, 0) is 37.3 Å². The standard InChI is InChI=1S/C17H13FN2O3/c1-10(21)11-5-6-15-14(8-11)19-17(20(15)9-16(22)23)12-3-2-4-13(18)7-12/h2-8H,9H2,1H3,(H,22,23). The molecule has 1 heterocycles. The summed E-state index contributed by atoms with van der Waals surface area (Å²) in [5.41, 5.74) is 2.05. The molecule has 116 valence electrons. The van der Waals surface area contributed by atoms with Crippen LogP contribution in [0.15, 0.2) is 42.5 Å². The van der Waals surface area contributed by atoms with E-state index in [2.05, 4.69) is 4.98 Å². The van der Waals surface area contributed by atoms with E-state index in [1.54, 1.807) is 24.3 Å². The summed E-state index contributed by atoms with van der Waals surface area (Å²) in [6.45, 7) is 1.14. The van der Waals surface area contributed by atoms with E-state index in [0.717, 1.165) is 0 Å². The van der Waals surface area contributed by atoms with Gasteiger partial charge < -0.3 is 9.67 Å². The summed E-state index contributed by atoms with van der Waals surface area (Å²) in [5.74, 6) is -1.21. The van der Waals surface area contributed by atoms with Crippen molar-refractivity contribution < 1.29 is 19.1 Å². The van der Waals surface area contributed by atoms with Gasteiger partial charge in [0.15, 0.2) is 5.78 Å². The molecule has 3 rings (SSSR count). The summed E-state index contributed by atoms with van der Waals surface area (Å²) < 4.78 is 15.0. The first-order valence-corrected chi connectivity index (χ1v) is 6.94. The van der Waals surface area contributed by atoms with Crippen molar-refractivity contribution in [2.45, 2.75) is 13.5 Å². The van der Waals surface area contributed by atoms with Crippen LogP contribution in [-0.4, -0.2) is 26.4 Å². The van der Waals surface area contributed by atoms with Crippen molar-refractivity contribution in [2.75, 3.05) is 0 Å². The largest absolute Gasteiger partial charge is 0.480 e. The number of aromatic nitrogens is 2. The van der Waals surface area contributed by atoms with Crippen LogP contribution < -0.4 is 0 Å². The molecule has 0 aliphatic carbocycles. The van der Waals surface area contributed by atoms with Crippen molar-refractivity contribution in [3.63, 3.8) is 0 Å². The highest BCUT2D eigenvalue weighted by atomic mass is 19.1. The number of carbonyl (C=O) groups excluding carboxylic acids is 1. The Kier molecular flexibility index (Phi) is 3.65. The molecule has 0 amide bonds. The van der Waals surface area contributed by atoms with Gasteiger partial charge in [0.2, 0.25) is 0 Å². The summed E-state index contributed by atoms with van der Waals surface area (Å²) in [5, 5.41) is 9.14. The van der Waals surface area contributed by atoms with E-state index in [-0.39, 0.29) is 12.3 Å². The molecule has 0 fully saturated rings. The molecule has 0 atom stereocenters. The highest BCUT2D eigenvalue weighted by Gasteiger charge is 2.16. The molecule has 0 radical (unpaired) electrons. The second-order valence-corrected chi connectivity index (χ2v) is 5.19. The summed E-state index contributed by atoms with van der Waals surface area (Å²) >= 11 is 0. The van der Waals surface area contributed by atoms with Gasteiger partial charge in [-0.1, -0.05) is 12.1 Å². The number of fused-ring (bicyclic) bond motifs is 1. The third kappa shape index (κ3) is 2.83. The molecule has 3 aromatic rings. The summed E-state index contributed by atoms with van der Waals surface area (Å²) in [6, 6.07) is 10.7. The average molecular weight is 312 g/mol. The lowest BCUT2D eigenvalue weighted by molar-refractivity contribution is -0.137. The molecule has 0 saturated heterocycles. The third-order valence-electron chi connectivity index (χ3n) is 3.53. The fraction of sp³-hybridized carbons (Fsp3) is 0.118. The van der Waals surface area contributed by atoms with E-state index in [1.165, 1.54) is 29.7 Å². The van der Waals surface area contributed by atoms with Gasteiger partial charge in [-0.15, -0.1) is 0 Å². The summed E-state index contributed by atoms with van der Waals surface area (Å²) in [7, 11) is 0. The molecule has 6 heteroatoms. The molecule has 5 nitrogen and oxygen atoms in total. The first kappa shape index (κ1) is 14.9. The van der Waals surface area contributed by atoms with Crippen LogP contribution in [0, 0.1) is 5.82 Å². The smallest absolute Gasteiger partial charge is 0.323 e. The van der Waals surface area contributed by atoms with Crippen molar-refractivity contribution in [3.05, 3.63) is 53.8 Å². The van der Waals surface area contributed by atoms with E-state index in [4.69, 9.17) is 5.11 Å². The van der Waals surface area contributed by atoms with E-state index in [0.29, 0.717) is 28.0 Å². The molecule has 0 unspecified atom stereocenters. The number of rotatable bonds is 4. The number of ketones is 1. The Hall–Kier alpha value is -3.02. The van der Waals surface area contributed by atoms with Gasteiger partial charge in [0.25, 0.3) is 0 Å². The predicted octanol–water partition coefficient (Wildman–Crippen LogP) is 3.13. The maximum atomic E-state index is 13.5. The molecule has 0 aliphatic rings. The zero-order chi connectivity index (χ0) is 16.6. The number of carboxylic acids is 1. The van der Waals surface area contributed by atoms with Gasteiger partial charge in [-0.25, -0.2) is 9.37 Å². The number of benzene rings is 2. The molecule has 1 aromatic heterocycles. The van der Waals surface area contributed by atoms with Gasteiger partial charge >= 0.3 is 5.97 Å². The van der Waals surface area contributed by atoms with Gasteiger partial charge in [-0.2, -0.15) is 0 Å². The number of carboxylic acid groups (broad SMARTS) is 1. The molecular formula is C17H13FN2O3. The maximum Gasteiger partial charge on any atom is 0.323 e. The molecule has 2 aromatic carbocycles. The number of hydrogen-bond donors (Lipinski definition) is 1. The number of nitrogens with zero attached hydrogens (tertiary/aromatic N) is 2. The number of carbonyl (C=O) groups is 2. The number of halogens is 1. The van der Waals surface area contributed by atoms with E-state index in [9.17, 15) is 14.0 Å². The van der Waals surface area contributed by atoms with Gasteiger partial charge in [-0.3, -0.25) is 9.59 Å². The predicted molar refractivity (Wildman–Crippen MR) is 82.8 cm³/mol. The Bertz CT molecular complexity index is 931. The van der Waals surface area contributed by atoms with Crippen molar-refractivity contribution >= 4 is 22.8 Å². The Balaban J connectivity index is 2.26. The fourth-order valence-corrected chi connectivity index (χ4v) is 2.49. The number of imidazole rings is 1. The molecule has 0 bridgehead atoms. The van der Waals surface area contributed by atoms with Crippen molar-refractivity contribution in [3.8, 4) is 11.4 Å². The first-order valence-electron chi connectivity index (χ1n) is 6.94. The lowest BCUT2D eigenvalue weighted by Gasteiger charge is -2.06. The van der Waals surface area contributed by atoms with Crippen molar-refractivity contribution in [2.24, 2.45) is 0 Å². The maximum absolute atomic E-state index is 13.5.